The van der Waals surface area contributed by atoms with Crippen LogP contribution in [0.25, 0.3) is 57.8 Å². The van der Waals surface area contributed by atoms with Gasteiger partial charge in [-0.15, -0.1) is 22.7 Å². The molecule has 13 rings (SSSR count). The van der Waals surface area contributed by atoms with Gasteiger partial charge < -0.3 is 18.9 Å². The molecule has 11 aromatic rings. The summed E-state index contributed by atoms with van der Waals surface area (Å²) >= 11 is 3.71. The van der Waals surface area contributed by atoms with E-state index in [1.54, 1.807) is 0 Å². The monoisotopic (exact) mass is 820 g/mol. The van der Waals surface area contributed by atoms with E-state index in [2.05, 4.69) is 200 Å². The molecule has 4 nitrogen and oxygen atoms in total. The molecule has 8 aromatic carbocycles. The summed E-state index contributed by atoms with van der Waals surface area (Å²) in [4.78, 5) is 2.30. The van der Waals surface area contributed by atoms with E-state index in [1.165, 1.54) is 46.0 Å². The highest BCUT2D eigenvalue weighted by molar-refractivity contribution is 7.33. The van der Waals surface area contributed by atoms with Crippen molar-refractivity contribution in [3.63, 3.8) is 0 Å². The minimum atomic E-state index is -0.120. The highest BCUT2D eigenvalue weighted by Crippen LogP contribution is 2.50. The molecule has 0 saturated heterocycles. The Balaban J connectivity index is 1.17. The number of hydrogen-bond acceptors (Lipinski definition) is 5. The quantitative estimate of drug-likeness (QED) is 0.166. The van der Waals surface area contributed by atoms with E-state index < -0.39 is 0 Å². The molecule has 2 aliphatic heterocycles. The average Bonchev–Trinajstić information content (AvgIpc) is 3.95. The molecule has 7 heteroatoms. The number of aromatic nitrogens is 1. The number of rotatable bonds is 4. The van der Waals surface area contributed by atoms with Crippen molar-refractivity contribution in [3.05, 3.63) is 175 Å². The largest absolute Gasteiger partial charge is 0.457 e. The normalized spacial score (nSPS) is 13.1. The molecule has 0 saturated carbocycles. The SMILES string of the molecule is CC(C)(C)c1ccc2sc3c(c2c1)Oc1cc(N(c2ccccc2)c2ccccc2)cc2c1B3c1cc3sc4ccccc4c3c(-n3c4ccccc4c4ccccc43)c1O2. The van der Waals surface area contributed by atoms with Gasteiger partial charge in [0.05, 0.1) is 22.4 Å². The molecule has 0 aliphatic carbocycles. The van der Waals surface area contributed by atoms with Crippen LogP contribution in [0.4, 0.5) is 17.1 Å². The summed E-state index contributed by atoms with van der Waals surface area (Å²) in [6, 6.07) is 61.4. The van der Waals surface area contributed by atoms with Gasteiger partial charge >= 0.3 is 0 Å². The van der Waals surface area contributed by atoms with Gasteiger partial charge in [0.25, 0.3) is 6.71 Å². The Morgan fingerprint density at radius 2 is 1.08 bits per heavy atom. The van der Waals surface area contributed by atoms with Crippen molar-refractivity contribution in [2.75, 3.05) is 4.90 Å². The molecule has 3 aromatic heterocycles. The lowest BCUT2D eigenvalue weighted by molar-refractivity contribution is 0.467. The Kier molecular flexibility index (Phi) is 7.38. The topological polar surface area (TPSA) is 26.6 Å². The number of anilines is 3. The Hall–Kier alpha value is -6.80. The van der Waals surface area contributed by atoms with Crippen LogP contribution < -0.4 is 30.1 Å². The van der Waals surface area contributed by atoms with Crippen molar-refractivity contribution in [1.29, 1.82) is 0 Å². The third kappa shape index (κ3) is 5.11. The van der Waals surface area contributed by atoms with Crippen LogP contribution >= 0.6 is 22.7 Å². The Bertz CT molecular complexity index is 3510. The molecule has 0 N–H and O–H groups in total. The molecular weight excluding hydrogens is 784 g/mol. The minimum absolute atomic E-state index is 0.0168. The molecule has 2 aliphatic rings. The third-order valence-corrected chi connectivity index (χ3v) is 15.0. The number of para-hydroxylation sites is 4. The number of ether oxygens (including phenoxy) is 2. The predicted octanol–water partition coefficient (Wildman–Crippen LogP) is 13.9. The van der Waals surface area contributed by atoms with E-state index in [0.29, 0.717) is 0 Å². The minimum Gasteiger partial charge on any atom is -0.457 e. The standard InChI is InChI=1S/C54H37BN2O2S2/c1-54(2,3)32-26-27-46-39(28-32)51-53(61-46)55-40-31-47-48(38-22-12-15-25-45(38)60-47)50(57-41-23-13-10-20-36(41)37-21-11-14-24-42(37)57)52(40)59-44-30-35(29-43(58-51)49(44)55)56(33-16-6-4-7-17-33)34-18-8-5-9-19-34/h4-31H,1-3H3. The Morgan fingerprint density at radius 1 is 0.508 bits per heavy atom. The highest BCUT2D eigenvalue weighted by Gasteiger charge is 2.45. The van der Waals surface area contributed by atoms with Gasteiger partial charge in [0.1, 0.15) is 23.0 Å². The van der Waals surface area contributed by atoms with Crippen LogP contribution in [0.3, 0.4) is 0 Å². The van der Waals surface area contributed by atoms with E-state index in [-0.39, 0.29) is 12.1 Å². The van der Waals surface area contributed by atoms with Crippen LogP contribution in [0.5, 0.6) is 23.0 Å². The molecule has 0 radical (unpaired) electrons. The van der Waals surface area contributed by atoms with Crippen molar-refractivity contribution in [2.24, 2.45) is 0 Å². The molecule has 0 unspecified atom stereocenters. The van der Waals surface area contributed by atoms with Gasteiger partial charge in [-0.05, 0) is 77.1 Å². The average molecular weight is 821 g/mol. The smallest absolute Gasteiger partial charge is 0.273 e. The lowest BCUT2D eigenvalue weighted by Crippen LogP contribution is -2.56. The molecule has 61 heavy (non-hydrogen) atoms. The summed E-state index contributed by atoms with van der Waals surface area (Å²) in [6.07, 6.45) is 0. The number of nitrogens with zero attached hydrogens (tertiary/aromatic N) is 2. The second kappa shape index (κ2) is 12.9. The molecule has 5 heterocycles. The zero-order valence-corrected chi connectivity index (χ0v) is 35.4. The van der Waals surface area contributed by atoms with Crippen molar-refractivity contribution in [2.45, 2.75) is 26.2 Å². The van der Waals surface area contributed by atoms with Gasteiger partial charge in [-0.3, -0.25) is 0 Å². The van der Waals surface area contributed by atoms with Crippen molar-refractivity contribution < 1.29 is 9.47 Å². The van der Waals surface area contributed by atoms with Crippen molar-refractivity contribution in [1.82, 2.24) is 4.57 Å². The van der Waals surface area contributed by atoms with Gasteiger partial charge in [-0.2, -0.15) is 0 Å². The maximum absolute atomic E-state index is 7.60. The Labute approximate surface area is 361 Å². The summed E-state index contributed by atoms with van der Waals surface area (Å²) in [7, 11) is 0. The summed E-state index contributed by atoms with van der Waals surface area (Å²) in [5.41, 5.74) is 9.96. The van der Waals surface area contributed by atoms with Gasteiger partial charge in [0, 0.05) is 74.8 Å². The van der Waals surface area contributed by atoms with Gasteiger partial charge in [-0.1, -0.05) is 118 Å². The number of thiophene rings is 2. The maximum Gasteiger partial charge on any atom is 0.273 e. The predicted molar refractivity (Wildman–Crippen MR) is 260 cm³/mol. The fraction of sp³-hybridized carbons (Fsp3) is 0.0741. The third-order valence-electron chi connectivity index (χ3n) is 12.6. The number of hydrogen-bond donors (Lipinski definition) is 0. The first-order valence-electron chi connectivity index (χ1n) is 20.9. The summed E-state index contributed by atoms with van der Waals surface area (Å²) in [6.45, 7) is 6.73. The summed E-state index contributed by atoms with van der Waals surface area (Å²) in [5.74, 6) is 3.46. The van der Waals surface area contributed by atoms with Crippen LogP contribution in [0, 0.1) is 0 Å². The molecule has 0 spiro atoms. The first-order chi connectivity index (χ1) is 29.9. The van der Waals surface area contributed by atoms with Crippen molar-refractivity contribution in [3.8, 4) is 28.7 Å². The first-order valence-corrected chi connectivity index (χ1v) is 22.5. The molecular formula is C54H37BN2O2S2. The molecule has 290 valence electrons. The van der Waals surface area contributed by atoms with Crippen LogP contribution in [0.1, 0.15) is 26.3 Å². The highest BCUT2D eigenvalue weighted by atomic mass is 32.1. The van der Waals surface area contributed by atoms with Crippen LogP contribution in [-0.4, -0.2) is 11.3 Å². The van der Waals surface area contributed by atoms with Gasteiger partial charge in [0.2, 0.25) is 0 Å². The van der Waals surface area contributed by atoms with E-state index in [1.807, 2.05) is 22.7 Å². The Morgan fingerprint density at radius 3 is 1.74 bits per heavy atom. The fourth-order valence-electron chi connectivity index (χ4n) is 9.84. The van der Waals surface area contributed by atoms with E-state index >= 15 is 0 Å². The number of benzene rings is 8. The van der Waals surface area contributed by atoms with Gasteiger partial charge in [0.15, 0.2) is 0 Å². The first kappa shape index (κ1) is 35.0. The van der Waals surface area contributed by atoms with Gasteiger partial charge in [-0.25, -0.2) is 0 Å². The number of fused-ring (bicyclic) bond motifs is 12. The van der Waals surface area contributed by atoms with Crippen LogP contribution in [0.15, 0.2) is 170 Å². The maximum atomic E-state index is 7.60. The van der Waals surface area contributed by atoms with Crippen LogP contribution in [0.2, 0.25) is 0 Å². The zero-order chi connectivity index (χ0) is 40.6. The summed E-state index contributed by atoms with van der Waals surface area (Å²) < 4.78 is 22.3. The fourth-order valence-corrected chi connectivity index (χ4v) is 12.2. The van der Waals surface area contributed by atoms with E-state index in [4.69, 9.17) is 9.47 Å². The van der Waals surface area contributed by atoms with E-state index in [0.717, 1.165) is 73.1 Å². The molecule has 0 atom stereocenters. The lowest BCUT2D eigenvalue weighted by atomic mass is 9.37. The lowest BCUT2D eigenvalue weighted by Gasteiger charge is -2.35. The molecule has 0 fully saturated rings. The second-order valence-electron chi connectivity index (χ2n) is 17.2. The van der Waals surface area contributed by atoms with Crippen LogP contribution in [-0.2, 0) is 5.41 Å². The second-order valence-corrected chi connectivity index (χ2v) is 19.4. The summed E-state index contributed by atoms with van der Waals surface area (Å²) in [5, 5.41) is 6.04. The van der Waals surface area contributed by atoms with Crippen molar-refractivity contribution >= 4 is 114 Å². The molecule has 0 amide bonds. The zero-order valence-electron chi connectivity index (χ0n) is 33.8. The molecule has 0 bridgehead atoms. The van der Waals surface area contributed by atoms with E-state index in [9.17, 15) is 0 Å².